The minimum Gasteiger partial charge on any atom is -0.352 e. The first-order valence-electron chi connectivity index (χ1n) is 8.39. The first kappa shape index (κ1) is 18.6. The molecule has 1 saturated heterocycles. The molecule has 1 heterocycles. The maximum absolute atomic E-state index is 12.0. The lowest BCUT2D eigenvalue weighted by molar-refractivity contribution is -0.197. The molecule has 1 fully saturated rings. The fourth-order valence-electron chi connectivity index (χ4n) is 2.50. The number of rotatable bonds is 8. The zero-order valence-corrected chi connectivity index (χ0v) is 14.2. The van der Waals surface area contributed by atoms with Crippen molar-refractivity contribution < 1.29 is 24.0 Å². The molecule has 0 bridgehead atoms. The Bertz CT molecular complexity index is 655. The fourth-order valence-corrected chi connectivity index (χ4v) is 2.50. The van der Waals surface area contributed by atoms with E-state index < -0.39 is 17.8 Å². The number of nitrogens with one attached hydrogen (secondary N) is 1. The van der Waals surface area contributed by atoms with Crippen LogP contribution in [0, 0.1) is 6.92 Å². The van der Waals surface area contributed by atoms with Gasteiger partial charge in [-0.15, -0.1) is 5.06 Å². The minimum atomic E-state index is -0.590. The van der Waals surface area contributed by atoms with Crippen molar-refractivity contribution in [3.8, 4) is 0 Å². The second-order valence-electron chi connectivity index (χ2n) is 5.93. The molecule has 7 heteroatoms. The van der Waals surface area contributed by atoms with Gasteiger partial charge in [-0.2, -0.15) is 0 Å². The van der Waals surface area contributed by atoms with Crippen LogP contribution in [0.5, 0.6) is 0 Å². The molecule has 0 spiro atoms. The summed E-state index contributed by atoms with van der Waals surface area (Å²) in [6.45, 7) is 2.40. The van der Waals surface area contributed by atoms with E-state index in [0.717, 1.165) is 18.4 Å². The Morgan fingerprint density at radius 1 is 1.08 bits per heavy atom. The molecule has 1 aliphatic rings. The average Bonchev–Trinajstić information content (AvgIpc) is 2.90. The highest BCUT2D eigenvalue weighted by Gasteiger charge is 2.32. The van der Waals surface area contributed by atoms with Crippen LogP contribution in [0.15, 0.2) is 24.3 Å². The Kier molecular flexibility index (Phi) is 6.68. The number of nitrogens with zero attached hydrogens (tertiary/aromatic N) is 1. The molecule has 1 aromatic rings. The second-order valence-corrected chi connectivity index (χ2v) is 5.93. The molecule has 134 valence electrons. The number of hydrogen-bond donors (Lipinski definition) is 1. The highest BCUT2D eigenvalue weighted by molar-refractivity contribution is 6.01. The van der Waals surface area contributed by atoms with Gasteiger partial charge in [0.1, 0.15) is 0 Å². The SMILES string of the molecule is Cc1ccccc1C(=O)NCCCCCC(=O)ON1C(=O)CCC1=O. The molecule has 2 rings (SSSR count). The van der Waals surface area contributed by atoms with E-state index in [9.17, 15) is 19.2 Å². The summed E-state index contributed by atoms with van der Waals surface area (Å²) in [6.07, 6.45) is 2.33. The molecule has 0 unspecified atom stereocenters. The van der Waals surface area contributed by atoms with Crippen LogP contribution in [0.3, 0.4) is 0 Å². The maximum Gasteiger partial charge on any atom is 0.333 e. The summed E-state index contributed by atoms with van der Waals surface area (Å²) in [5, 5.41) is 3.41. The average molecular weight is 346 g/mol. The van der Waals surface area contributed by atoms with Crippen LogP contribution >= 0.6 is 0 Å². The first-order chi connectivity index (χ1) is 12.0. The summed E-state index contributed by atoms with van der Waals surface area (Å²) < 4.78 is 0. The molecule has 3 amide bonds. The van der Waals surface area contributed by atoms with E-state index in [1.807, 2.05) is 25.1 Å². The minimum absolute atomic E-state index is 0.0900. The molecule has 0 aromatic heterocycles. The van der Waals surface area contributed by atoms with E-state index in [2.05, 4.69) is 5.32 Å². The summed E-state index contributed by atoms with van der Waals surface area (Å²) in [5.41, 5.74) is 1.58. The normalized spacial score (nSPS) is 13.9. The fraction of sp³-hybridized carbons (Fsp3) is 0.444. The lowest BCUT2D eigenvalue weighted by Crippen LogP contribution is -2.31. The first-order valence-corrected chi connectivity index (χ1v) is 8.39. The Morgan fingerprint density at radius 3 is 2.44 bits per heavy atom. The maximum atomic E-state index is 12.0. The highest BCUT2D eigenvalue weighted by atomic mass is 16.7. The van der Waals surface area contributed by atoms with Gasteiger partial charge in [-0.1, -0.05) is 24.6 Å². The van der Waals surface area contributed by atoms with Crippen molar-refractivity contribution in [1.29, 1.82) is 0 Å². The quantitative estimate of drug-likeness (QED) is 0.573. The molecular formula is C18H22N2O5. The van der Waals surface area contributed by atoms with Crippen LogP contribution in [0.4, 0.5) is 0 Å². The van der Waals surface area contributed by atoms with Crippen LogP contribution in [0.25, 0.3) is 0 Å². The number of carbonyl (C=O) groups excluding carboxylic acids is 4. The Balaban J connectivity index is 1.58. The predicted octanol–water partition coefficient (Wildman–Crippen LogP) is 1.89. The molecule has 1 aromatic carbocycles. The summed E-state index contributed by atoms with van der Waals surface area (Å²) in [4.78, 5) is 51.1. The summed E-state index contributed by atoms with van der Waals surface area (Å²) in [6, 6.07) is 7.37. The molecule has 0 atom stereocenters. The number of amides is 3. The number of hydroxylamine groups is 2. The van der Waals surface area contributed by atoms with Gasteiger partial charge in [0.2, 0.25) is 0 Å². The number of benzene rings is 1. The van der Waals surface area contributed by atoms with Gasteiger partial charge >= 0.3 is 5.97 Å². The number of unbranched alkanes of at least 4 members (excludes halogenated alkanes) is 2. The summed E-state index contributed by atoms with van der Waals surface area (Å²) in [7, 11) is 0. The lowest BCUT2D eigenvalue weighted by atomic mass is 10.1. The Hall–Kier alpha value is -2.70. The van der Waals surface area contributed by atoms with E-state index >= 15 is 0 Å². The van der Waals surface area contributed by atoms with Gasteiger partial charge < -0.3 is 10.2 Å². The highest BCUT2D eigenvalue weighted by Crippen LogP contribution is 2.13. The molecular weight excluding hydrogens is 324 g/mol. The molecule has 7 nitrogen and oxygen atoms in total. The van der Waals surface area contributed by atoms with Gasteiger partial charge in [-0.05, 0) is 31.4 Å². The molecule has 1 aliphatic heterocycles. The van der Waals surface area contributed by atoms with E-state index in [1.54, 1.807) is 6.07 Å². The van der Waals surface area contributed by atoms with Gasteiger partial charge in [0, 0.05) is 31.4 Å². The lowest BCUT2D eigenvalue weighted by Gasteiger charge is -2.12. The largest absolute Gasteiger partial charge is 0.352 e. The van der Waals surface area contributed by atoms with Crippen molar-refractivity contribution in [2.45, 2.75) is 45.4 Å². The number of hydrogen-bond acceptors (Lipinski definition) is 5. The van der Waals surface area contributed by atoms with Crippen LogP contribution in [-0.4, -0.2) is 35.3 Å². The van der Waals surface area contributed by atoms with E-state index in [-0.39, 0.29) is 25.2 Å². The zero-order valence-electron chi connectivity index (χ0n) is 14.2. The van der Waals surface area contributed by atoms with Gasteiger partial charge in [0.25, 0.3) is 17.7 Å². The van der Waals surface area contributed by atoms with Crippen molar-refractivity contribution in [2.75, 3.05) is 6.54 Å². The Labute approximate surface area is 146 Å². The summed E-state index contributed by atoms with van der Waals surface area (Å²) in [5.74, 6) is -1.65. The third kappa shape index (κ3) is 5.41. The van der Waals surface area contributed by atoms with Gasteiger partial charge in [0.15, 0.2) is 0 Å². The smallest absolute Gasteiger partial charge is 0.333 e. The predicted molar refractivity (Wildman–Crippen MR) is 89.2 cm³/mol. The topological polar surface area (TPSA) is 92.8 Å². The molecule has 0 aliphatic carbocycles. The number of aryl methyl sites for hydroxylation is 1. The van der Waals surface area contributed by atoms with Crippen LogP contribution < -0.4 is 5.32 Å². The van der Waals surface area contributed by atoms with Crippen molar-refractivity contribution in [3.63, 3.8) is 0 Å². The van der Waals surface area contributed by atoms with E-state index in [1.165, 1.54) is 0 Å². The number of carbonyl (C=O) groups is 4. The van der Waals surface area contributed by atoms with Crippen LogP contribution in [0.2, 0.25) is 0 Å². The van der Waals surface area contributed by atoms with Crippen LogP contribution in [0.1, 0.15) is 54.4 Å². The zero-order chi connectivity index (χ0) is 18.2. The van der Waals surface area contributed by atoms with Crippen molar-refractivity contribution >= 4 is 23.7 Å². The van der Waals surface area contributed by atoms with Crippen LogP contribution in [-0.2, 0) is 19.2 Å². The third-order valence-corrected chi connectivity index (χ3v) is 3.93. The van der Waals surface area contributed by atoms with Crippen molar-refractivity contribution in [2.24, 2.45) is 0 Å². The van der Waals surface area contributed by atoms with E-state index in [4.69, 9.17) is 4.84 Å². The number of imide groups is 1. The van der Waals surface area contributed by atoms with Gasteiger partial charge in [0.05, 0.1) is 0 Å². The van der Waals surface area contributed by atoms with Crippen molar-refractivity contribution in [3.05, 3.63) is 35.4 Å². The molecule has 25 heavy (non-hydrogen) atoms. The molecule has 0 saturated carbocycles. The monoisotopic (exact) mass is 346 g/mol. The Morgan fingerprint density at radius 2 is 1.76 bits per heavy atom. The van der Waals surface area contributed by atoms with Gasteiger partial charge in [-0.25, -0.2) is 4.79 Å². The second kappa shape index (κ2) is 8.96. The summed E-state index contributed by atoms with van der Waals surface area (Å²) >= 11 is 0. The standard InChI is InChI=1S/C18H22N2O5/c1-13-7-4-5-8-14(13)18(24)19-12-6-2-3-9-17(23)25-20-15(21)10-11-16(20)22/h4-5,7-8H,2-3,6,9-12H2,1H3,(H,19,24). The van der Waals surface area contributed by atoms with E-state index in [0.29, 0.717) is 23.6 Å². The molecule has 0 radical (unpaired) electrons. The molecule has 1 N–H and O–H groups in total. The van der Waals surface area contributed by atoms with Crippen molar-refractivity contribution in [1.82, 2.24) is 10.4 Å². The van der Waals surface area contributed by atoms with Gasteiger partial charge in [-0.3, -0.25) is 14.4 Å². The third-order valence-electron chi connectivity index (χ3n) is 3.93.